The Labute approximate surface area is 183 Å². The van der Waals surface area contributed by atoms with Crippen LogP contribution in [0.1, 0.15) is 44.1 Å². The number of hydrogen-bond donors (Lipinski definition) is 4. The van der Waals surface area contributed by atoms with Crippen LogP contribution < -0.4 is 16.0 Å². The van der Waals surface area contributed by atoms with Crippen molar-refractivity contribution in [1.82, 2.24) is 10.3 Å². The highest BCUT2D eigenvalue weighted by atomic mass is 35.5. The van der Waals surface area contributed by atoms with Crippen LogP contribution in [0.4, 0.5) is 5.82 Å². The predicted octanol–water partition coefficient (Wildman–Crippen LogP) is 2.19. The molecule has 1 aliphatic carbocycles. The van der Waals surface area contributed by atoms with Crippen LogP contribution >= 0.6 is 24.8 Å². The van der Waals surface area contributed by atoms with Gasteiger partial charge in [-0.2, -0.15) is 0 Å². The molecule has 1 saturated carbocycles. The molecule has 1 saturated heterocycles. The average Bonchev–Trinajstić information content (AvgIpc) is 2.68. The Balaban J connectivity index is 0.00000210. The molecule has 0 unspecified atom stereocenters. The fourth-order valence-corrected chi connectivity index (χ4v) is 3.91. The molecule has 29 heavy (non-hydrogen) atoms. The first kappa shape index (κ1) is 25.0. The molecule has 0 spiro atoms. The third kappa shape index (κ3) is 6.47. The topological polar surface area (TPSA) is 132 Å². The summed E-state index contributed by atoms with van der Waals surface area (Å²) >= 11 is 0. The predicted molar refractivity (Wildman–Crippen MR) is 116 cm³/mol. The van der Waals surface area contributed by atoms with Gasteiger partial charge in [-0.3, -0.25) is 15.0 Å². The van der Waals surface area contributed by atoms with Gasteiger partial charge >= 0.3 is 5.97 Å². The number of carbonyl (C=O) groups excluding carboxylic acids is 1. The number of nitrogens with one attached hydrogen (secondary N) is 2. The van der Waals surface area contributed by atoms with E-state index in [0.29, 0.717) is 18.4 Å². The maximum absolute atomic E-state index is 12.5. The van der Waals surface area contributed by atoms with Crippen LogP contribution in [0.15, 0.2) is 18.3 Å². The van der Waals surface area contributed by atoms with Gasteiger partial charge in [0.1, 0.15) is 11.7 Å². The highest BCUT2D eigenvalue weighted by molar-refractivity contribution is 5.94. The summed E-state index contributed by atoms with van der Waals surface area (Å²) in [5, 5.41) is 19.6. The van der Waals surface area contributed by atoms with Crippen molar-refractivity contribution in [3.63, 3.8) is 0 Å². The van der Waals surface area contributed by atoms with Gasteiger partial charge in [0.05, 0.1) is 5.92 Å². The van der Waals surface area contributed by atoms with Gasteiger partial charge in [-0.25, -0.2) is 4.98 Å². The van der Waals surface area contributed by atoms with Gasteiger partial charge in [-0.1, -0.05) is 0 Å². The first-order chi connectivity index (χ1) is 12.9. The first-order valence-corrected chi connectivity index (χ1v) is 9.52. The summed E-state index contributed by atoms with van der Waals surface area (Å²) in [6, 6.07) is 3.75. The van der Waals surface area contributed by atoms with Gasteiger partial charge in [-0.05, 0) is 50.7 Å². The van der Waals surface area contributed by atoms with Crippen LogP contribution in [-0.4, -0.2) is 46.9 Å². The Morgan fingerprint density at radius 2 is 1.69 bits per heavy atom. The molecular formula is C19H29Cl2N5O3. The van der Waals surface area contributed by atoms with Crippen molar-refractivity contribution < 1.29 is 14.7 Å². The van der Waals surface area contributed by atoms with Crippen molar-refractivity contribution in [2.45, 2.75) is 44.6 Å². The number of piperidine rings is 1. The van der Waals surface area contributed by atoms with E-state index in [2.05, 4.69) is 15.2 Å². The number of anilines is 1. The minimum absolute atomic E-state index is 0. The quantitative estimate of drug-likeness (QED) is 0.405. The van der Waals surface area contributed by atoms with Crippen molar-refractivity contribution in [2.24, 2.45) is 17.6 Å². The van der Waals surface area contributed by atoms with Crippen molar-refractivity contribution >= 4 is 48.3 Å². The van der Waals surface area contributed by atoms with Crippen LogP contribution in [0.25, 0.3) is 0 Å². The van der Waals surface area contributed by atoms with E-state index < -0.39 is 5.97 Å². The number of nitrogens with two attached hydrogens (primary N) is 1. The van der Waals surface area contributed by atoms with E-state index in [1.54, 1.807) is 12.3 Å². The molecule has 0 radical (unpaired) electrons. The molecule has 2 aliphatic rings. The lowest BCUT2D eigenvalue weighted by Crippen LogP contribution is -2.45. The highest BCUT2D eigenvalue weighted by Gasteiger charge is 2.30. The van der Waals surface area contributed by atoms with Crippen LogP contribution in [0, 0.1) is 17.2 Å². The molecule has 162 valence electrons. The van der Waals surface area contributed by atoms with E-state index in [1.165, 1.54) is 0 Å². The number of pyridine rings is 1. The molecule has 0 bridgehead atoms. The van der Waals surface area contributed by atoms with Gasteiger partial charge in [0.15, 0.2) is 0 Å². The molecule has 5 N–H and O–H groups in total. The summed E-state index contributed by atoms with van der Waals surface area (Å²) in [6.07, 6.45) is 5.91. The fraction of sp³-hybridized carbons (Fsp3) is 0.579. The Bertz CT molecular complexity index is 700. The number of carbonyl (C=O) groups is 2. The summed E-state index contributed by atoms with van der Waals surface area (Å²) in [4.78, 5) is 30.1. The van der Waals surface area contributed by atoms with E-state index in [9.17, 15) is 9.59 Å². The van der Waals surface area contributed by atoms with Gasteiger partial charge in [0, 0.05) is 36.8 Å². The molecule has 3 rings (SSSR count). The molecule has 2 fully saturated rings. The Morgan fingerprint density at radius 1 is 1.07 bits per heavy atom. The summed E-state index contributed by atoms with van der Waals surface area (Å²) in [5.74, 6) is -0.0590. The van der Waals surface area contributed by atoms with Crippen molar-refractivity contribution in [1.29, 1.82) is 5.41 Å². The smallest absolute Gasteiger partial charge is 0.306 e. The van der Waals surface area contributed by atoms with Gasteiger partial charge in [0.2, 0.25) is 5.91 Å². The Hall–Kier alpha value is -2.06. The number of aromatic nitrogens is 1. The van der Waals surface area contributed by atoms with E-state index in [-0.39, 0.29) is 54.4 Å². The minimum Gasteiger partial charge on any atom is -0.481 e. The molecule has 2 heterocycles. The molecule has 10 heteroatoms. The molecule has 0 atom stereocenters. The molecule has 1 aromatic rings. The Morgan fingerprint density at radius 3 is 2.17 bits per heavy atom. The van der Waals surface area contributed by atoms with E-state index >= 15 is 0 Å². The largest absolute Gasteiger partial charge is 0.481 e. The number of hydrogen-bond acceptors (Lipinski definition) is 5. The second-order valence-corrected chi connectivity index (χ2v) is 7.48. The number of carboxylic acid groups (broad SMARTS) is 1. The maximum Gasteiger partial charge on any atom is 0.306 e. The highest BCUT2D eigenvalue weighted by Crippen LogP contribution is 2.26. The number of aliphatic carboxylic acids is 1. The Kier molecular flexibility index (Phi) is 9.65. The summed E-state index contributed by atoms with van der Waals surface area (Å²) in [7, 11) is 0. The number of amidine groups is 1. The second kappa shape index (κ2) is 11.2. The van der Waals surface area contributed by atoms with E-state index in [1.807, 2.05) is 6.07 Å². The fourth-order valence-electron chi connectivity index (χ4n) is 3.91. The zero-order valence-corrected chi connectivity index (χ0v) is 17.8. The number of nitrogens with zero attached hydrogens (tertiary/aromatic N) is 2. The molecule has 8 nitrogen and oxygen atoms in total. The van der Waals surface area contributed by atoms with Gasteiger partial charge < -0.3 is 21.1 Å². The van der Waals surface area contributed by atoms with Gasteiger partial charge in [0.25, 0.3) is 0 Å². The molecule has 1 aliphatic heterocycles. The summed E-state index contributed by atoms with van der Waals surface area (Å²) in [6.45, 7) is 1.52. The van der Waals surface area contributed by atoms with Crippen LogP contribution in [0.3, 0.4) is 0 Å². The average molecular weight is 446 g/mol. The standard InChI is InChI=1S/C19H27N5O3.2ClH/c20-17(21)14-3-6-16(22-11-14)24-9-7-12(8-10-24)18(25)23-15-4-1-13(2-5-15)19(26)27;;/h3,6,11-13,15H,1-2,4-5,7-10H2,(H3,20,21)(H,23,25)(H,26,27);2*1H. The lowest BCUT2D eigenvalue weighted by molar-refractivity contribution is -0.142. The summed E-state index contributed by atoms with van der Waals surface area (Å²) in [5.41, 5.74) is 6.05. The molecule has 1 aromatic heterocycles. The number of nitrogen functional groups attached to an aromatic ring is 1. The second-order valence-electron chi connectivity index (χ2n) is 7.48. The van der Waals surface area contributed by atoms with Crippen molar-refractivity contribution in [3.05, 3.63) is 23.9 Å². The lowest BCUT2D eigenvalue weighted by Gasteiger charge is -2.34. The van der Waals surface area contributed by atoms with Gasteiger partial charge in [-0.15, -0.1) is 24.8 Å². The maximum atomic E-state index is 12.5. The number of rotatable bonds is 5. The number of halogens is 2. The zero-order valence-electron chi connectivity index (χ0n) is 16.2. The van der Waals surface area contributed by atoms with Crippen LogP contribution in [-0.2, 0) is 9.59 Å². The molecular weight excluding hydrogens is 417 g/mol. The zero-order chi connectivity index (χ0) is 19.4. The normalized spacial score (nSPS) is 22.0. The third-order valence-electron chi connectivity index (χ3n) is 5.67. The number of amides is 1. The third-order valence-corrected chi connectivity index (χ3v) is 5.67. The molecule has 1 amide bonds. The van der Waals surface area contributed by atoms with E-state index in [0.717, 1.165) is 44.6 Å². The SMILES string of the molecule is Cl.Cl.N=C(N)c1ccc(N2CCC(C(=O)NC3CCC(C(=O)O)CC3)CC2)nc1. The number of carboxylic acids is 1. The molecule has 0 aromatic carbocycles. The van der Waals surface area contributed by atoms with E-state index in [4.69, 9.17) is 16.2 Å². The monoisotopic (exact) mass is 445 g/mol. The summed E-state index contributed by atoms with van der Waals surface area (Å²) < 4.78 is 0. The lowest BCUT2D eigenvalue weighted by atomic mass is 9.85. The minimum atomic E-state index is -0.725. The van der Waals surface area contributed by atoms with Crippen molar-refractivity contribution in [2.75, 3.05) is 18.0 Å². The first-order valence-electron chi connectivity index (χ1n) is 9.52. The van der Waals surface area contributed by atoms with Crippen LogP contribution in [0.2, 0.25) is 0 Å². The van der Waals surface area contributed by atoms with Crippen LogP contribution in [0.5, 0.6) is 0 Å². The van der Waals surface area contributed by atoms with Crippen molar-refractivity contribution in [3.8, 4) is 0 Å².